The Bertz CT molecular complexity index is 441. The van der Waals surface area contributed by atoms with Gasteiger partial charge in [0.15, 0.2) is 5.96 Å². The van der Waals surface area contributed by atoms with Gasteiger partial charge in [-0.3, -0.25) is 15.5 Å². The van der Waals surface area contributed by atoms with Crippen LogP contribution in [0.4, 0.5) is 11.4 Å². The summed E-state index contributed by atoms with van der Waals surface area (Å²) < 4.78 is 0. The SMILES string of the molecule is N=C(Nc1ccccc1[N+](=O)[O-])N1CCCC1. The lowest BCUT2D eigenvalue weighted by molar-refractivity contribution is -0.383. The third-order valence-corrected chi connectivity index (χ3v) is 2.78. The molecule has 2 rings (SSSR count). The van der Waals surface area contributed by atoms with Crippen molar-refractivity contribution in [3.63, 3.8) is 0 Å². The average Bonchev–Trinajstić information content (AvgIpc) is 2.83. The van der Waals surface area contributed by atoms with Gasteiger partial charge in [0.2, 0.25) is 0 Å². The summed E-state index contributed by atoms with van der Waals surface area (Å²) >= 11 is 0. The molecule has 6 nitrogen and oxygen atoms in total. The second-order valence-corrected chi connectivity index (χ2v) is 3.94. The number of hydrogen-bond donors (Lipinski definition) is 2. The van der Waals surface area contributed by atoms with Gasteiger partial charge in [-0.2, -0.15) is 0 Å². The molecule has 1 heterocycles. The molecule has 0 atom stereocenters. The van der Waals surface area contributed by atoms with E-state index in [2.05, 4.69) is 5.32 Å². The maximum atomic E-state index is 10.8. The molecular formula is C11H14N4O2. The predicted molar refractivity (Wildman–Crippen MR) is 65.3 cm³/mol. The van der Waals surface area contributed by atoms with Crippen LogP contribution >= 0.6 is 0 Å². The maximum Gasteiger partial charge on any atom is 0.292 e. The van der Waals surface area contributed by atoms with E-state index in [0.29, 0.717) is 5.69 Å². The fraction of sp³-hybridized carbons (Fsp3) is 0.364. The minimum Gasteiger partial charge on any atom is -0.343 e. The van der Waals surface area contributed by atoms with Crippen molar-refractivity contribution in [2.75, 3.05) is 18.4 Å². The number of nitro benzene ring substituents is 1. The van der Waals surface area contributed by atoms with Gasteiger partial charge in [0.05, 0.1) is 4.92 Å². The second-order valence-electron chi connectivity index (χ2n) is 3.94. The summed E-state index contributed by atoms with van der Waals surface area (Å²) in [6, 6.07) is 6.37. The summed E-state index contributed by atoms with van der Waals surface area (Å²) in [6.07, 6.45) is 2.14. The van der Waals surface area contributed by atoms with E-state index in [9.17, 15) is 10.1 Å². The highest BCUT2D eigenvalue weighted by Crippen LogP contribution is 2.23. The van der Waals surface area contributed by atoms with E-state index >= 15 is 0 Å². The number of para-hydroxylation sites is 2. The summed E-state index contributed by atoms with van der Waals surface area (Å²) in [4.78, 5) is 12.2. The van der Waals surface area contributed by atoms with Crippen LogP contribution in [0.3, 0.4) is 0 Å². The van der Waals surface area contributed by atoms with Gasteiger partial charge in [-0.05, 0) is 18.9 Å². The van der Waals surface area contributed by atoms with Crippen LogP contribution in [0.5, 0.6) is 0 Å². The Morgan fingerprint density at radius 3 is 2.65 bits per heavy atom. The molecule has 1 saturated heterocycles. The fourth-order valence-corrected chi connectivity index (χ4v) is 1.89. The van der Waals surface area contributed by atoms with Crippen LogP contribution in [0.25, 0.3) is 0 Å². The number of benzene rings is 1. The summed E-state index contributed by atoms with van der Waals surface area (Å²) in [5, 5.41) is 21.5. The molecule has 0 aliphatic carbocycles. The first-order valence-corrected chi connectivity index (χ1v) is 5.52. The normalized spacial score (nSPS) is 14.7. The Labute approximate surface area is 98.9 Å². The van der Waals surface area contributed by atoms with E-state index in [1.165, 1.54) is 6.07 Å². The largest absolute Gasteiger partial charge is 0.343 e. The van der Waals surface area contributed by atoms with Crippen molar-refractivity contribution in [1.29, 1.82) is 5.41 Å². The van der Waals surface area contributed by atoms with Crippen molar-refractivity contribution >= 4 is 17.3 Å². The molecule has 1 aliphatic rings. The minimum atomic E-state index is -0.445. The van der Waals surface area contributed by atoms with Crippen LogP contribution in [-0.2, 0) is 0 Å². The number of nitrogens with one attached hydrogen (secondary N) is 2. The van der Waals surface area contributed by atoms with Crippen molar-refractivity contribution in [3.05, 3.63) is 34.4 Å². The first kappa shape index (κ1) is 11.4. The number of hydrogen-bond acceptors (Lipinski definition) is 3. The topological polar surface area (TPSA) is 82.3 Å². The highest BCUT2D eigenvalue weighted by molar-refractivity contribution is 5.93. The first-order valence-electron chi connectivity index (χ1n) is 5.52. The molecule has 0 bridgehead atoms. The van der Waals surface area contributed by atoms with Gasteiger partial charge in [0.25, 0.3) is 5.69 Å². The summed E-state index contributed by atoms with van der Waals surface area (Å²) in [7, 11) is 0. The molecule has 90 valence electrons. The number of likely N-dealkylation sites (tertiary alicyclic amines) is 1. The molecule has 0 aromatic heterocycles. The number of nitro groups is 1. The van der Waals surface area contributed by atoms with Gasteiger partial charge in [-0.25, -0.2) is 0 Å². The monoisotopic (exact) mass is 234 g/mol. The standard InChI is InChI=1S/C11H14N4O2/c12-11(14-7-3-4-8-14)13-9-5-1-2-6-10(9)15(16)17/h1-2,5-6H,3-4,7-8H2,(H2,12,13). The molecule has 1 aromatic carbocycles. The zero-order valence-corrected chi connectivity index (χ0v) is 9.35. The molecule has 0 saturated carbocycles. The zero-order chi connectivity index (χ0) is 12.3. The zero-order valence-electron chi connectivity index (χ0n) is 9.35. The van der Waals surface area contributed by atoms with E-state index < -0.39 is 4.92 Å². The molecule has 1 aliphatic heterocycles. The van der Waals surface area contributed by atoms with E-state index in [0.717, 1.165) is 25.9 Å². The van der Waals surface area contributed by atoms with Crippen molar-refractivity contribution in [1.82, 2.24) is 4.90 Å². The Kier molecular flexibility index (Phi) is 3.22. The Morgan fingerprint density at radius 2 is 2.00 bits per heavy atom. The number of anilines is 1. The molecule has 0 spiro atoms. The van der Waals surface area contributed by atoms with E-state index in [1.807, 2.05) is 4.90 Å². The van der Waals surface area contributed by atoms with Crippen molar-refractivity contribution in [3.8, 4) is 0 Å². The Balaban J connectivity index is 2.12. The van der Waals surface area contributed by atoms with Crippen molar-refractivity contribution in [2.24, 2.45) is 0 Å². The first-order chi connectivity index (χ1) is 8.18. The quantitative estimate of drug-likeness (QED) is 0.355. The minimum absolute atomic E-state index is 0.00329. The van der Waals surface area contributed by atoms with Gasteiger partial charge in [0, 0.05) is 19.2 Å². The lowest BCUT2D eigenvalue weighted by Gasteiger charge is -2.19. The predicted octanol–water partition coefficient (Wildman–Crippen LogP) is 2.04. The van der Waals surface area contributed by atoms with Gasteiger partial charge >= 0.3 is 0 Å². The van der Waals surface area contributed by atoms with E-state index in [1.54, 1.807) is 18.2 Å². The second kappa shape index (κ2) is 4.82. The molecule has 0 unspecified atom stereocenters. The molecular weight excluding hydrogens is 220 g/mol. The Morgan fingerprint density at radius 1 is 1.35 bits per heavy atom. The summed E-state index contributed by atoms with van der Waals surface area (Å²) in [6.45, 7) is 1.68. The fourth-order valence-electron chi connectivity index (χ4n) is 1.89. The molecule has 0 radical (unpaired) electrons. The van der Waals surface area contributed by atoms with Crippen LogP contribution in [0, 0.1) is 15.5 Å². The Hall–Kier alpha value is -2.11. The maximum absolute atomic E-state index is 10.8. The average molecular weight is 234 g/mol. The van der Waals surface area contributed by atoms with Crippen LogP contribution < -0.4 is 5.32 Å². The smallest absolute Gasteiger partial charge is 0.292 e. The summed E-state index contributed by atoms with van der Waals surface area (Å²) in [5.41, 5.74) is 0.367. The van der Waals surface area contributed by atoms with Gasteiger partial charge in [0.1, 0.15) is 5.69 Å². The van der Waals surface area contributed by atoms with Gasteiger partial charge < -0.3 is 10.2 Å². The summed E-state index contributed by atoms with van der Waals surface area (Å²) in [5.74, 6) is 0.233. The molecule has 2 N–H and O–H groups in total. The van der Waals surface area contributed by atoms with Crippen molar-refractivity contribution < 1.29 is 4.92 Å². The third-order valence-electron chi connectivity index (χ3n) is 2.78. The molecule has 1 fully saturated rings. The molecule has 17 heavy (non-hydrogen) atoms. The van der Waals surface area contributed by atoms with Gasteiger partial charge in [-0.1, -0.05) is 12.1 Å². The van der Waals surface area contributed by atoms with Crippen LogP contribution in [-0.4, -0.2) is 28.9 Å². The number of rotatable bonds is 2. The molecule has 0 amide bonds. The third kappa shape index (κ3) is 2.52. The lowest BCUT2D eigenvalue weighted by Crippen LogP contribution is -2.33. The van der Waals surface area contributed by atoms with Crippen molar-refractivity contribution in [2.45, 2.75) is 12.8 Å². The number of nitrogens with zero attached hydrogens (tertiary/aromatic N) is 2. The van der Waals surface area contributed by atoms with Gasteiger partial charge in [-0.15, -0.1) is 0 Å². The van der Waals surface area contributed by atoms with Crippen LogP contribution in [0.2, 0.25) is 0 Å². The highest BCUT2D eigenvalue weighted by atomic mass is 16.6. The van der Waals surface area contributed by atoms with Crippen LogP contribution in [0.15, 0.2) is 24.3 Å². The molecule has 1 aromatic rings. The van der Waals surface area contributed by atoms with Crippen LogP contribution in [0.1, 0.15) is 12.8 Å². The van der Waals surface area contributed by atoms with E-state index in [4.69, 9.17) is 5.41 Å². The van der Waals surface area contributed by atoms with E-state index in [-0.39, 0.29) is 11.6 Å². The lowest BCUT2D eigenvalue weighted by atomic mass is 10.3. The molecule has 6 heteroatoms. The number of guanidine groups is 1. The highest BCUT2D eigenvalue weighted by Gasteiger charge is 2.18.